The molecule has 3 rings (SSSR count). The second kappa shape index (κ2) is 10.4. The summed E-state index contributed by atoms with van der Waals surface area (Å²) in [5, 5.41) is 5.91. The van der Waals surface area contributed by atoms with Crippen LogP contribution < -0.4 is 15.4 Å². The fraction of sp³-hybridized carbons (Fsp3) is 0.182. The molecular formula is C22H22ClN3O5S. The minimum atomic E-state index is -3.84. The van der Waals surface area contributed by atoms with Gasteiger partial charge < -0.3 is 15.1 Å². The van der Waals surface area contributed by atoms with E-state index in [1.54, 1.807) is 49.4 Å². The number of sulfonamides is 1. The number of hydrogen-bond donors (Lipinski definition) is 3. The van der Waals surface area contributed by atoms with Gasteiger partial charge in [-0.1, -0.05) is 17.7 Å². The molecule has 0 fully saturated rings. The van der Waals surface area contributed by atoms with Gasteiger partial charge in [0.2, 0.25) is 10.0 Å². The first-order valence-corrected chi connectivity index (χ1v) is 11.6. The number of halogens is 1. The monoisotopic (exact) mass is 475 g/mol. The van der Waals surface area contributed by atoms with Gasteiger partial charge in [-0.3, -0.25) is 9.59 Å². The number of furan rings is 1. The SMILES string of the molecule is Cc1ccc(S(=O)(=O)NCc2ccco2)cc1C(=O)NCCNC(=O)c1ccc(Cl)cc1. The third-order valence-electron chi connectivity index (χ3n) is 4.58. The minimum Gasteiger partial charge on any atom is -0.468 e. The van der Waals surface area contributed by atoms with Crippen molar-refractivity contribution in [2.75, 3.05) is 13.1 Å². The zero-order valence-electron chi connectivity index (χ0n) is 17.2. The van der Waals surface area contributed by atoms with E-state index in [0.717, 1.165) is 0 Å². The third kappa shape index (κ3) is 6.19. The molecule has 3 N–H and O–H groups in total. The summed E-state index contributed by atoms with van der Waals surface area (Å²) in [4.78, 5) is 24.6. The molecule has 0 radical (unpaired) electrons. The Kier molecular flexibility index (Phi) is 7.68. The van der Waals surface area contributed by atoms with Crippen LogP contribution in [0.4, 0.5) is 0 Å². The highest BCUT2D eigenvalue weighted by Crippen LogP contribution is 2.16. The van der Waals surface area contributed by atoms with Crippen LogP contribution in [0.15, 0.2) is 70.2 Å². The van der Waals surface area contributed by atoms with Crippen LogP contribution in [-0.2, 0) is 16.6 Å². The molecule has 0 unspecified atom stereocenters. The van der Waals surface area contributed by atoms with E-state index in [-0.39, 0.29) is 36.0 Å². The van der Waals surface area contributed by atoms with Crippen molar-refractivity contribution >= 4 is 33.4 Å². The number of rotatable bonds is 9. The minimum absolute atomic E-state index is 0.00193. The number of carbonyl (C=O) groups excluding carboxylic acids is 2. The lowest BCUT2D eigenvalue weighted by Crippen LogP contribution is -2.35. The molecule has 0 aliphatic heterocycles. The summed E-state index contributed by atoms with van der Waals surface area (Å²) in [6, 6.07) is 14.1. The molecule has 1 heterocycles. The van der Waals surface area contributed by atoms with Crippen molar-refractivity contribution in [1.82, 2.24) is 15.4 Å². The number of nitrogens with one attached hydrogen (secondary N) is 3. The topological polar surface area (TPSA) is 118 Å². The van der Waals surface area contributed by atoms with Crippen molar-refractivity contribution in [3.63, 3.8) is 0 Å². The van der Waals surface area contributed by atoms with Gasteiger partial charge in [-0.2, -0.15) is 0 Å². The highest BCUT2D eigenvalue weighted by Gasteiger charge is 2.18. The van der Waals surface area contributed by atoms with Gasteiger partial charge >= 0.3 is 0 Å². The normalized spacial score (nSPS) is 11.2. The number of benzene rings is 2. The number of carbonyl (C=O) groups is 2. The zero-order valence-corrected chi connectivity index (χ0v) is 18.8. The summed E-state index contributed by atoms with van der Waals surface area (Å²) < 4.78 is 32.7. The highest BCUT2D eigenvalue weighted by atomic mass is 35.5. The fourth-order valence-electron chi connectivity index (χ4n) is 2.83. The van der Waals surface area contributed by atoms with Gasteiger partial charge in [0, 0.05) is 29.2 Å². The van der Waals surface area contributed by atoms with Crippen LogP contribution in [0.3, 0.4) is 0 Å². The molecule has 0 bridgehead atoms. The van der Waals surface area contributed by atoms with E-state index in [4.69, 9.17) is 16.0 Å². The van der Waals surface area contributed by atoms with Crippen molar-refractivity contribution in [3.8, 4) is 0 Å². The molecule has 1 aromatic heterocycles. The number of aryl methyl sites for hydroxylation is 1. The molecule has 0 saturated carbocycles. The smallest absolute Gasteiger partial charge is 0.251 e. The quantitative estimate of drug-likeness (QED) is 0.411. The van der Waals surface area contributed by atoms with Crippen LogP contribution in [-0.4, -0.2) is 33.3 Å². The molecule has 2 amide bonds. The van der Waals surface area contributed by atoms with Gasteiger partial charge in [0.25, 0.3) is 11.8 Å². The highest BCUT2D eigenvalue weighted by molar-refractivity contribution is 7.89. The van der Waals surface area contributed by atoms with Crippen LogP contribution in [0.5, 0.6) is 0 Å². The summed E-state index contributed by atoms with van der Waals surface area (Å²) in [7, 11) is -3.84. The second-order valence-electron chi connectivity index (χ2n) is 6.90. The van der Waals surface area contributed by atoms with E-state index in [0.29, 0.717) is 21.9 Å². The van der Waals surface area contributed by atoms with Crippen LogP contribution in [0, 0.1) is 6.92 Å². The zero-order chi connectivity index (χ0) is 23.1. The Morgan fingerprint density at radius 1 is 0.969 bits per heavy atom. The molecular weight excluding hydrogens is 454 g/mol. The van der Waals surface area contributed by atoms with E-state index in [1.165, 1.54) is 18.4 Å². The molecule has 3 aromatic rings. The third-order valence-corrected chi connectivity index (χ3v) is 6.23. The lowest BCUT2D eigenvalue weighted by molar-refractivity contribution is 0.0927. The second-order valence-corrected chi connectivity index (χ2v) is 9.10. The number of amides is 2. The maximum atomic E-state index is 12.6. The average molecular weight is 476 g/mol. The Balaban J connectivity index is 1.56. The molecule has 0 aliphatic rings. The van der Waals surface area contributed by atoms with Gasteiger partial charge in [-0.05, 0) is 61.0 Å². The molecule has 0 spiro atoms. The largest absolute Gasteiger partial charge is 0.468 e. The lowest BCUT2D eigenvalue weighted by Gasteiger charge is -2.11. The Bertz CT molecular complexity index is 1190. The van der Waals surface area contributed by atoms with Gasteiger partial charge in [0.05, 0.1) is 17.7 Å². The van der Waals surface area contributed by atoms with E-state index < -0.39 is 15.9 Å². The van der Waals surface area contributed by atoms with Gasteiger partial charge in [-0.15, -0.1) is 0 Å². The maximum Gasteiger partial charge on any atom is 0.251 e. The number of hydrogen-bond acceptors (Lipinski definition) is 5. The summed E-state index contributed by atoms with van der Waals surface area (Å²) in [5.41, 5.74) is 1.31. The van der Waals surface area contributed by atoms with E-state index in [9.17, 15) is 18.0 Å². The van der Waals surface area contributed by atoms with Crippen LogP contribution >= 0.6 is 11.6 Å². The predicted octanol–water partition coefficient (Wildman–Crippen LogP) is 2.88. The van der Waals surface area contributed by atoms with Crippen LogP contribution in [0.25, 0.3) is 0 Å². The molecule has 168 valence electrons. The standard InChI is InChI=1S/C22H22ClN3O5S/c1-15-4-9-19(32(29,30)26-14-18-3-2-12-31-18)13-20(15)22(28)25-11-10-24-21(27)16-5-7-17(23)8-6-16/h2-9,12-13,26H,10-11,14H2,1H3,(H,24,27)(H,25,28). The molecule has 2 aromatic carbocycles. The first-order valence-electron chi connectivity index (χ1n) is 9.71. The van der Waals surface area contributed by atoms with E-state index in [2.05, 4.69) is 15.4 Å². The molecule has 0 aliphatic carbocycles. The van der Waals surface area contributed by atoms with Crippen molar-refractivity contribution in [3.05, 3.63) is 88.3 Å². The maximum absolute atomic E-state index is 12.6. The summed E-state index contributed by atoms with van der Waals surface area (Å²) in [6.45, 7) is 2.09. The van der Waals surface area contributed by atoms with Gasteiger partial charge in [0.1, 0.15) is 5.76 Å². The fourth-order valence-corrected chi connectivity index (χ4v) is 3.97. The summed E-state index contributed by atoms with van der Waals surface area (Å²) >= 11 is 5.80. The van der Waals surface area contributed by atoms with Crippen molar-refractivity contribution < 1.29 is 22.4 Å². The Labute approximate surface area is 191 Å². The van der Waals surface area contributed by atoms with Crippen molar-refractivity contribution in [2.24, 2.45) is 0 Å². The molecule has 8 nitrogen and oxygen atoms in total. The first kappa shape index (κ1) is 23.5. The molecule has 10 heteroatoms. The lowest BCUT2D eigenvalue weighted by atomic mass is 10.1. The average Bonchev–Trinajstić information content (AvgIpc) is 3.29. The van der Waals surface area contributed by atoms with Crippen molar-refractivity contribution in [1.29, 1.82) is 0 Å². The molecule has 32 heavy (non-hydrogen) atoms. The van der Waals surface area contributed by atoms with Gasteiger partial charge in [0.15, 0.2) is 0 Å². The molecule has 0 atom stereocenters. The van der Waals surface area contributed by atoms with E-state index >= 15 is 0 Å². The summed E-state index contributed by atoms with van der Waals surface area (Å²) in [5.74, 6) is -0.256. The van der Waals surface area contributed by atoms with Crippen molar-refractivity contribution in [2.45, 2.75) is 18.4 Å². The summed E-state index contributed by atoms with van der Waals surface area (Å²) in [6.07, 6.45) is 1.45. The Morgan fingerprint density at radius 2 is 1.66 bits per heavy atom. The first-order chi connectivity index (χ1) is 15.3. The molecule has 0 saturated heterocycles. The Hall–Kier alpha value is -3.14. The van der Waals surface area contributed by atoms with Crippen LogP contribution in [0.2, 0.25) is 5.02 Å². The van der Waals surface area contributed by atoms with Crippen LogP contribution in [0.1, 0.15) is 32.0 Å². The van der Waals surface area contributed by atoms with E-state index in [1.807, 2.05) is 0 Å². The Morgan fingerprint density at radius 3 is 2.31 bits per heavy atom. The van der Waals surface area contributed by atoms with Gasteiger partial charge in [-0.25, -0.2) is 13.1 Å². The predicted molar refractivity (Wildman–Crippen MR) is 120 cm³/mol.